The van der Waals surface area contributed by atoms with Crippen LogP contribution in [0, 0.1) is 5.92 Å². The molecule has 2 unspecified atom stereocenters. The van der Waals surface area contributed by atoms with Gasteiger partial charge in [0.2, 0.25) is 11.8 Å². The van der Waals surface area contributed by atoms with Crippen LogP contribution in [0.4, 0.5) is 4.79 Å². The lowest BCUT2D eigenvalue weighted by molar-refractivity contribution is -0.142. The molecule has 4 rings (SSSR count). The monoisotopic (exact) mass is 435 g/mol. The third-order valence-electron chi connectivity index (χ3n) is 7.24. The topological polar surface area (TPSA) is 102 Å². The lowest BCUT2D eigenvalue weighted by Crippen LogP contribution is -2.55. The van der Waals surface area contributed by atoms with Gasteiger partial charge in [0, 0.05) is 39.3 Å². The lowest BCUT2D eigenvalue weighted by atomic mass is 9.73. The average Bonchev–Trinajstić information content (AvgIpc) is 3.01. The van der Waals surface area contributed by atoms with Crippen molar-refractivity contribution in [3.8, 4) is 0 Å². The van der Waals surface area contributed by atoms with Crippen molar-refractivity contribution in [3.05, 3.63) is 0 Å². The Hall–Kier alpha value is -2.20. The van der Waals surface area contributed by atoms with Crippen molar-refractivity contribution in [1.82, 2.24) is 24.9 Å². The summed E-state index contributed by atoms with van der Waals surface area (Å²) in [5, 5.41) is 2.89. The molecule has 31 heavy (non-hydrogen) atoms. The molecule has 4 fully saturated rings. The quantitative estimate of drug-likeness (QED) is 0.597. The largest absolute Gasteiger partial charge is 0.378 e. The Labute approximate surface area is 182 Å². The number of nitrogens with zero attached hydrogens (tertiary/aromatic N) is 4. The Morgan fingerprint density at radius 3 is 2.29 bits per heavy atom. The summed E-state index contributed by atoms with van der Waals surface area (Å²) in [7, 11) is 0. The molecule has 0 aromatic heterocycles. The van der Waals surface area contributed by atoms with E-state index in [1.165, 1.54) is 0 Å². The number of rotatable bonds is 4. The standard InChI is InChI=1S/C21H33N5O5/c1-16-4-2-3-5-21(16)19(29)26(20(30)22-21)15-18(28)24-8-6-23(7-9-24)14-17(27)25-10-12-31-13-11-25/h16H,2-15H2,1H3,(H,22,30). The Morgan fingerprint density at radius 2 is 1.61 bits per heavy atom. The van der Waals surface area contributed by atoms with Gasteiger partial charge in [0.15, 0.2) is 0 Å². The summed E-state index contributed by atoms with van der Waals surface area (Å²) in [6.07, 6.45) is 3.50. The average molecular weight is 436 g/mol. The molecule has 0 aromatic rings. The van der Waals surface area contributed by atoms with Crippen molar-refractivity contribution in [3.63, 3.8) is 0 Å². The summed E-state index contributed by atoms with van der Waals surface area (Å²) in [4.78, 5) is 57.5. The van der Waals surface area contributed by atoms with Crippen LogP contribution in [0.15, 0.2) is 0 Å². The molecule has 10 heteroatoms. The maximum Gasteiger partial charge on any atom is 0.325 e. The zero-order valence-electron chi connectivity index (χ0n) is 18.3. The van der Waals surface area contributed by atoms with Crippen molar-refractivity contribution in [2.75, 3.05) is 65.6 Å². The number of urea groups is 1. The molecule has 10 nitrogen and oxygen atoms in total. The highest BCUT2D eigenvalue weighted by Gasteiger charge is 2.55. The number of morpholine rings is 1. The van der Waals surface area contributed by atoms with Gasteiger partial charge in [-0.25, -0.2) is 4.79 Å². The van der Waals surface area contributed by atoms with Crippen LogP contribution < -0.4 is 5.32 Å². The highest BCUT2D eigenvalue weighted by atomic mass is 16.5. The highest BCUT2D eigenvalue weighted by molar-refractivity contribution is 6.09. The molecule has 4 aliphatic rings. The van der Waals surface area contributed by atoms with Gasteiger partial charge in [0.05, 0.1) is 19.8 Å². The van der Waals surface area contributed by atoms with E-state index in [4.69, 9.17) is 4.74 Å². The predicted octanol–water partition coefficient (Wildman–Crippen LogP) is -0.510. The molecule has 1 saturated carbocycles. The molecule has 172 valence electrons. The number of piperazine rings is 1. The number of ether oxygens (including phenoxy) is 1. The number of carbonyl (C=O) groups is 4. The number of amides is 5. The molecular formula is C21H33N5O5. The first kappa shape index (κ1) is 22.0. The molecular weight excluding hydrogens is 402 g/mol. The first-order valence-corrected chi connectivity index (χ1v) is 11.4. The van der Waals surface area contributed by atoms with Gasteiger partial charge in [-0.3, -0.25) is 24.2 Å². The summed E-state index contributed by atoms with van der Waals surface area (Å²) in [5.74, 6) is -0.310. The molecule has 1 N–H and O–H groups in total. The minimum atomic E-state index is -0.839. The minimum absolute atomic E-state index is 0.0744. The van der Waals surface area contributed by atoms with Gasteiger partial charge in [0.1, 0.15) is 12.1 Å². The van der Waals surface area contributed by atoms with Crippen LogP contribution in [-0.2, 0) is 19.1 Å². The number of hydrogen-bond acceptors (Lipinski definition) is 6. The van der Waals surface area contributed by atoms with E-state index in [1.807, 2.05) is 16.7 Å². The summed E-state index contributed by atoms with van der Waals surface area (Å²) in [6, 6.07) is -0.457. The van der Waals surface area contributed by atoms with E-state index >= 15 is 0 Å². The van der Waals surface area contributed by atoms with Crippen LogP contribution in [0.25, 0.3) is 0 Å². The maximum absolute atomic E-state index is 13.1. The molecule has 2 atom stereocenters. The fourth-order valence-corrected chi connectivity index (χ4v) is 5.13. The SMILES string of the molecule is CC1CCCCC12NC(=O)N(CC(=O)N1CCN(CC(=O)N3CCOCC3)CC1)C2=O. The van der Waals surface area contributed by atoms with Gasteiger partial charge in [-0.05, 0) is 18.8 Å². The second-order valence-electron chi connectivity index (χ2n) is 9.09. The first-order chi connectivity index (χ1) is 14.9. The normalized spacial score (nSPS) is 30.1. The van der Waals surface area contributed by atoms with E-state index < -0.39 is 11.6 Å². The smallest absolute Gasteiger partial charge is 0.325 e. The van der Waals surface area contributed by atoms with E-state index in [-0.39, 0.29) is 30.2 Å². The van der Waals surface area contributed by atoms with Crippen LogP contribution in [0.5, 0.6) is 0 Å². The molecule has 5 amide bonds. The lowest BCUT2D eigenvalue weighted by Gasteiger charge is -2.37. The number of hydrogen-bond donors (Lipinski definition) is 1. The number of nitrogens with one attached hydrogen (secondary N) is 1. The maximum atomic E-state index is 13.1. The van der Waals surface area contributed by atoms with Crippen LogP contribution >= 0.6 is 0 Å². The number of imide groups is 1. The van der Waals surface area contributed by atoms with E-state index in [9.17, 15) is 19.2 Å². The van der Waals surface area contributed by atoms with Crippen LogP contribution in [-0.4, -0.2) is 114 Å². The van der Waals surface area contributed by atoms with Gasteiger partial charge in [-0.2, -0.15) is 0 Å². The van der Waals surface area contributed by atoms with Crippen LogP contribution in [0.2, 0.25) is 0 Å². The highest BCUT2D eigenvalue weighted by Crippen LogP contribution is 2.38. The molecule has 0 aromatic carbocycles. The van der Waals surface area contributed by atoms with Crippen molar-refractivity contribution >= 4 is 23.8 Å². The third-order valence-corrected chi connectivity index (χ3v) is 7.24. The van der Waals surface area contributed by atoms with Gasteiger partial charge < -0.3 is 19.9 Å². The van der Waals surface area contributed by atoms with Crippen molar-refractivity contribution < 1.29 is 23.9 Å². The van der Waals surface area contributed by atoms with E-state index in [2.05, 4.69) is 5.32 Å². The van der Waals surface area contributed by atoms with Crippen LogP contribution in [0.1, 0.15) is 32.6 Å². The van der Waals surface area contributed by atoms with Gasteiger partial charge in [-0.1, -0.05) is 19.8 Å². The third kappa shape index (κ3) is 4.41. The van der Waals surface area contributed by atoms with Gasteiger partial charge in [0.25, 0.3) is 5.91 Å². The van der Waals surface area contributed by atoms with E-state index in [0.29, 0.717) is 65.4 Å². The Kier molecular flexibility index (Phi) is 6.47. The Balaban J connectivity index is 1.27. The van der Waals surface area contributed by atoms with Crippen molar-refractivity contribution in [2.24, 2.45) is 5.92 Å². The Morgan fingerprint density at radius 1 is 0.968 bits per heavy atom. The molecule has 1 spiro atoms. The number of carbonyl (C=O) groups excluding carboxylic acids is 4. The molecule has 0 bridgehead atoms. The Bertz CT molecular complexity index is 732. The van der Waals surface area contributed by atoms with Gasteiger partial charge >= 0.3 is 6.03 Å². The molecule has 1 aliphatic carbocycles. The first-order valence-electron chi connectivity index (χ1n) is 11.4. The van der Waals surface area contributed by atoms with E-state index in [0.717, 1.165) is 24.2 Å². The van der Waals surface area contributed by atoms with Gasteiger partial charge in [-0.15, -0.1) is 0 Å². The zero-order valence-corrected chi connectivity index (χ0v) is 18.3. The fourth-order valence-electron chi connectivity index (χ4n) is 5.13. The predicted molar refractivity (Wildman–Crippen MR) is 111 cm³/mol. The van der Waals surface area contributed by atoms with E-state index in [1.54, 1.807) is 4.90 Å². The second kappa shape index (κ2) is 9.12. The molecule has 3 heterocycles. The summed E-state index contributed by atoms with van der Waals surface area (Å²) >= 11 is 0. The summed E-state index contributed by atoms with van der Waals surface area (Å²) in [6.45, 7) is 6.72. The summed E-state index contributed by atoms with van der Waals surface area (Å²) in [5.41, 5.74) is -0.839. The van der Waals surface area contributed by atoms with Crippen LogP contribution in [0.3, 0.4) is 0 Å². The molecule has 3 saturated heterocycles. The zero-order chi connectivity index (χ0) is 22.0. The second-order valence-corrected chi connectivity index (χ2v) is 9.09. The molecule has 0 radical (unpaired) electrons. The fraction of sp³-hybridized carbons (Fsp3) is 0.810. The van der Waals surface area contributed by atoms with Crippen molar-refractivity contribution in [2.45, 2.75) is 38.1 Å². The molecule has 3 aliphatic heterocycles. The van der Waals surface area contributed by atoms with Crippen molar-refractivity contribution in [1.29, 1.82) is 0 Å². The summed E-state index contributed by atoms with van der Waals surface area (Å²) < 4.78 is 5.28. The minimum Gasteiger partial charge on any atom is -0.378 e.